The van der Waals surface area contributed by atoms with E-state index in [4.69, 9.17) is 15.2 Å². The number of benzene rings is 2. The molecule has 2 amide bonds. The molecular weight excluding hydrogens is 390 g/mol. The summed E-state index contributed by atoms with van der Waals surface area (Å²) >= 11 is 1.37. The number of nitrogens with two attached hydrogens (primary N) is 1. The van der Waals surface area contributed by atoms with Crippen molar-refractivity contribution >= 4 is 29.0 Å². The van der Waals surface area contributed by atoms with E-state index in [1.54, 1.807) is 12.1 Å². The summed E-state index contributed by atoms with van der Waals surface area (Å²) in [4.78, 5) is 24.5. The summed E-state index contributed by atoms with van der Waals surface area (Å²) in [5, 5.41) is 2.98. The van der Waals surface area contributed by atoms with Gasteiger partial charge in [0.1, 0.15) is 5.69 Å². The van der Waals surface area contributed by atoms with Gasteiger partial charge in [-0.15, -0.1) is 0 Å². The fourth-order valence-corrected chi connectivity index (χ4v) is 4.34. The van der Waals surface area contributed by atoms with Gasteiger partial charge in [0.05, 0.1) is 17.7 Å². The molecule has 1 aliphatic rings. The van der Waals surface area contributed by atoms with Crippen molar-refractivity contribution in [3.8, 4) is 22.8 Å². The topological polar surface area (TPSA) is 104 Å². The van der Waals surface area contributed by atoms with E-state index in [1.807, 2.05) is 36.4 Å². The largest absolute Gasteiger partial charge is 0.493 e. The lowest BCUT2D eigenvalue weighted by Crippen LogP contribution is -2.23. The molecule has 1 aliphatic heterocycles. The number of ether oxygens (including phenoxy) is 2. The fraction of sp³-hybridized carbons (Fsp3) is 0.190. The van der Waals surface area contributed by atoms with Gasteiger partial charge < -0.3 is 20.5 Å². The second-order valence-electron chi connectivity index (χ2n) is 6.61. The molecular formula is C21H19N3O4S. The van der Waals surface area contributed by atoms with Gasteiger partial charge in [0.2, 0.25) is 5.91 Å². The molecule has 1 aromatic heterocycles. The molecule has 0 radical (unpaired) electrons. The first kappa shape index (κ1) is 18.9. The molecule has 7 nitrogen and oxygen atoms in total. The Hall–Kier alpha value is -3.39. The van der Waals surface area contributed by atoms with Crippen molar-refractivity contribution in [3.63, 3.8) is 0 Å². The second-order valence-corrected chi connectivity index (χ2v) is 7.41. The Balaban J connectivity index is 1.74. The van der Waals surface area contributed by atoms with Crippen LogP contribution in [0.1, 0.15) is 22.8 Å². The Kier molecular flexibility index (Phi) is 5.18. The Morgan fingerprint density at radius 3 is 2.76 bits per heavy atom. The molecule has 148 valence electrons. The van der Waals surface area contributed by atoms with Crippen LogP contribution < -0.4 is 20.5 Å². The molecule has 1 unspecified atom stereocenters. The smallest absolute Gasteiger partial charge is 0.255 e. The Labute approximate surface area is 171 Å². The molecule has 3 aromatic rings. The van der Waals surface area contributed by atoms with Gasteiger partial charge in [-0.3, -0.25) is 9.59 Å². The van der Waals surface area contributed by atoms with Crippen LogP contribution in [-0.4, -0.2) is 29.9 Å². The summed E-state index contributed by atoms with van der Waals surface area (Å²) in [6.45, 7) is -0.255. The zero-order valence-electron chi connectivity index (χ0n) is 15.7. The van der Waals surface area contributed by atoms with E-state index in [0.29, 0.717) is 17.9 Å². The van der Waals surface area contributed by atoms with Crippen LogP contribution in [0.15, 0.2) is 48.5 Å². The number of aromatic nitrogens is 1. The first-order valence-corrected chi connectivity index (χ1v) is 9.78. The predicted molar refractivity (Wildman–Crippen MR) is 110 cm³/mol. The van der Waals surface area contributed by atoms with Gasteiger partial charge in [0.15, 0.2) is 18.1 Å². The molecule has 1 atom stereocenters. The number of carbonyl (C=O) groups is 2. The molecule has 0 saturated carbocycles. The number of rotatable bonds is 6. The van der Waals surface area contributed by atoms with Crippen LogP contribution in [0.4, 0.5) is 5.69 Å². The molecule has 29 heavy (non-hydrogen) atoms. The van der Waals surface area contributed by atoms with Gasteiger partial charge in [-0.2, -0.15) is 4.37 Å². The van der Waals surface area contributed by atoms with Crippen molar-refractivity contribution in [2.24, 2.45) is 5.73 Å². The van der Waals surface area contributed by atoms with E-state index in [1.165, 1.54) is 18.6 Å². The minimum absolute atomic E-state index is 0.0738. The van der Waals surface area contributed by atoms with E-state index in [2.05, 4.69) is 9.69 Å². The molecule has 0 spiro atoms. The number of hydrogen-bond donors (Lipinski definition) is 2. The first-order chi connectivity index (χ1) is 14.1. The maximum Gasteiger partial charge on any atom is 0.255 e. The summed E-state index contributed by atoms with van der Waals surface area (Å²) in [7, 11) is 1.52. The van der Waals surface area contributed by atoms with E-state index >= 15 is 0 Å². The van der Waals surface area contributed by atoms with Gasteiger partial charge >= 0.3 is 0 Å². The third-order valence-corrected chi connectivity index (χ3v) is 5.66. The van der Waals surface area contributed by atoms with E-state index in [0.717, 1.165) is 27.4 Å². The molecule has 0 bridgehead atoms. The summed E-state index contributed by atoms with van der Waals surface area (Å²) in [6, 6.07) is 15.2. The van der Waals surface area contributed by atoms with Crippen molar-refractivity contribution in [1.29, 1.82) is 0 Å². The van der Waals surface area contributed by atoms with E-state index in [9.17, 15) is 9.59 Å². The number of nitrogens with zero attached hydrogens (tertiary/aromatic N) is 1. The highest BCUT2D eigenvalue weighted by Crippen LogP contribution is 2.45. The monoisotopic (exact) mass is 409 g/mol. The molecule has 8 heteroatoms. The number of amides is 2. The third-order valence-electron chi connectivity index (χ3n) is 4.70. The fourth-order valence-electron chi connectivity index (χ4n) is 3.36. The molecule has 0 fully saturated rings. The van der Waals surface area contributed by atoms with Crippen LogP contribution in [0.3, 0.4) is 0 Å². The Morgan fingerprint density at radius 1 is 1.24 bits per heavy atom. The molecule has 0 saturated heterocycles. The van der Waals surface area contributed by atoms with E-state index in [-0.39, 0.29) is 18.4 Å². The number of hydrogen-bond acceptors (Lipinski definition) is 6. The third kappa shape index (κ3) is 3.79. The molecule has 4 rings (SSSR count). The van der Waals surface area contributed by atoms with Crippen molar-refractivity contribution in [3.05, 3.63) is 59.0 Å². The van der Waals surface area contributed by atoms with Crippen LogP contribution in [0.25, 0.3) is 11.3 Å². The number of nitrogens with one attached hydrogen (secondary N) is 1. The lowest BCUT2D eigenvalue weighted by molar-refractivity contribution is -0.120. The first-order valence-electron chi connectivity index (χ1n) is 9.00. The Morgan fingerprint density at radius 2 is 2.03 bits per heavy atom. The quantitative estimate of drug-likeness (QED) is 0.651. The van der Waals surface area contributed by atoms with Crippen molar-refractivity contribution < 1.29 is 19.1 Å². The van der Waals surface area contributed by atoms with Crippen LogP contribution >= 0.6 is 11.5 Å². The zero-order valence-corrected chi connectivity index (χ0v) is 16.5. The summed E-state index contributed by atoms with van der Waals surface area (Å²) in [5.74, 6) is 0.0755. The molecule has 2 heterocycles. The average Bonchev–Trinajstić information content (AvgIpc) is 3.15. The van der Waals surface area contributed by atoms with Crippen LogP contribution in [0.5, 0.6) is 11.5 Å². The SMILES string of the molecule is COc1ccc(C2CC(=O)Nc3c(-c4ccccc4)nsc32)cc1OCC(N)=O. The van der Waals surface area contributed by atoms with Gasteiger partial charge in [0, 0.05) is 17.9 Å². The average molecular weight is 409 g/mol. The van der Waals surface area contributed by atoms with Gasteiger partial charge in [0.25, 0.3) is 5.91 Å². The Bertz CT molecular complexity index is 1070. The number of primary amides is 1. The number of methoxy groups -OCH3 is 1. The lowest BCUT2D eigenvalue weighted by atomic mass is 9.89. The van der Waals surface area contributed by atoms with Gasteiger partial charge in [-0.05, 0) is 29.2 Å². The molecule has 2 aromatic carbocycles. The van der Waals surface area contributed by atoms with Gasteiger partial charge in [-0.25, -0.2) is 0 Å². The molecule has 3 N–H and O–H groups in total. The maximum absolute atomic E-state index is 12.5. The standard InChI is InChI=1S/C21H19N3O4S/c1-27-15-8-7-13(9-16(15)28-11-17(22)25)14-10-18(26)23-20-19(24-29-21(14)20)12-5-3-2-4-6-12/h2-9,14H,10-11H2,1H3,(H2,22,25)(H,23,26). The highest BCUT2D eigenvalue weighted by molar-refractivity contribution is 7.07. The van der Waals surface area contributed by atoms with Gasteiger partial charge in [-0.1, -0.05) is 36.4 Å². The normalized spacial score (nSPS) is 15.3. The maximum atomic E-state index is 12.5. The van der Waals surface area contributed by atoms with Crippen molar-refractivity contribution in [2.75, 3.05) is 19.0 Å². The predicted octanol–water partition coefficient (Wildman–Crippen LogP) is 3.16. The summed E-state index contributed by atoms with van der Waals surface area (Å²) < 4.78 is 15.4. The van der Waals surface area contributed by atoms with Crippen molar-refractivity contribution in [2.45, 2.75) is 12.3 Å². The number of carbonyl (C=O) groups excluding carboxylic acids is 2. The summed E-state index contributed by atoms with van der Waals surface area (Å²) in [5.41, 5.74) is 8.53. The van der Waals surface area contributed by atoms with E-state index < -0.39 is 5.91 Å². The second kappa shape index (κ2) is 7.92. The van der Waals surface area contributed by atoms with Crippen LogP contribution in [0, 0.1) is 0 Å². The van der Waals surface area contributed by atoms with Crippen LogP contribution in [-0.2, 0) is 9.59 Å². The zero-order chi connectivity index (χ0) is 20.4. The highest BCUT2D eigenvalue weighted by Gasteiger charge is 2.32. The minimum atomic E-state index is -0.577. The molecule has 0 aliphatic carbocycles. The number of anilines is 1. The van der Waals surface area contributed by atoms with Crippen molar-refractivity contribution in [1.82, 2.24) is 4.37 Å². The van der Waals surface area contributed by atoms with Crippen LogP contribution in [0.2, 0.25) is 0 Å². The highest BCUT2D eigenvalue weighted by atomic mass is 32.1. The minimum Gasteiger partial charge on any atom is -0.493 e. The lowest BCUT2D eigenvalue weighted by Gasteiger charge is -2.23. The number of fused-ring (bicyclic) bond motifs is 1. The summed E-state index contributed by atoms with van der Waals surface area (Å²) in [6.07, 6.45) is 0.297.